The number of ether oxygens (including phenoxy) is 2. The number of morpholine rings is 1. The van der Waals surface area contributed by atoms with Gasteiger partial charge in [0.2, 0.25) is 5.91 Å². The minimum atomic E-state index is -0.260. The second-order valence-corrected chi connectivity index (χ2v) is 9.97. The Morgan fingerprint density at radius 3 is 2.92 bits per heavy atom. The van der Waals surface area contributed by atoms with Crippen molar-refractivity contribution in [2.45, 2.75) is 25.3 Å². The van der Waals surface area contributed by atoms with Gasteiger partial charge in [-0.15, -0.1) is 0 Å². The number of allylic oxidation sites excluding steroid dienone is 1. The van der Waals surface area contributed by atoms with Crippen molar-refractivity contribution in [3.8, 4) is 5.75 Å². The average molecular weight is 489 g/mol. The first-order valence-corrected chi connectivity index (χ1v) is 12.8. The molecule has 3 heterocycles. The van der Waals surface area contributed by atoms with E-state index in [2.05, 4.69) is 39.5 Å². The molecule has 0 spiro atoms. The van der Waals surface area contributed by atoms with Crippen molar-refractivity contribution in [2.75, 3.05) is 44.8 Å². The van der Waals surface area contributed by atoms with Crippen LogP contribution in [-0.2, 0) is 22.4 Å². The van der Waals surface area contributed by atoms with Gasteiger partial charge in [-0.1, -0.05) is 24.3 Å². The van der Waals surface area contributed by atoms with Gasteiger partial charge >= 0.3 is 0 Å². The zero-order valence-electron chi connectivity index (χ0n) is 20.3. The highest BCUT2D eigenvalue weighted by Gasteiger charge is 2.47. The predicted octanol–water partition coefficient (Wildman–Crippen LogP) is 2.12. The van der Waals surface area contributed by atoms with Gasteiger partial charge in [-0.3, -0.25) is 14.7 Å². The molecule has 0 radical (unpaired) electrons. The van der Waals surface area contributed by atoms with Crippen molar-refractivity contribution in [3.05, 3.63) is 53.5 Å². The lowest BCUT2D eigenvalue weighted by atomic mass is 9.88. The Labute approximate surface area is 210 Å². The minimum Gasteiger partial charge on any atom is -0.492 e. The molecule has 2 bridgehead atoms. The largest absolute Gasteiger partial charge is 0.492 e. The summed E-state index contributed by atoms with van der Waals surface area (Å²) in [6, 6.07) is 8.05. The van der Waals surface area contributed by atoms with E-state index in [4.69, 9.17) is 25.2 Å². The summed E-state index contributed by atoms with van der Waals surface area (Å²) in [5, 5.41) is 3.55. The molecule has 1 saturated heterocycles. The standard InChI is InChI=1S/C27H32N6O3/c28-26(34)23-18-4-5-19(16-18)24(23)32-27-25-21(6-7-29-25)30-22(31-27)15-17-2-1-3-20(14-17)36-13-10-33-8-11-35-12-9-33/h1-5,7,14,18-19,23-24H,6,8-13,15-16H2,(H2,28,34)(H,30,31,32). The maximum absolute atomic E-state index is 12.2. The van der Waals surface area contributed by atoms with E-state index < -0.39 is 0 Å². The lowest BCUT2D eigenvalue weighted by Gasteiger charge is -2.27. The molecular weight excluding hydrogens is 456 g/mol. The van der Waals surface area contributed by atoms with Gasteiger partial charge in [0.25, 0.3) is 0 Å². The van der Waals surface area contributed by atoms with Gasteiger partial charge in [-0.2, -0.15) is 0 Å². The van der Waals surface area contributed by atoms with Crippen LogP contribution in [0.2, 0.25) is 0 Å². The highest BCUT2D eigenvalue weighted by molar-refractivity contribution is 5.82. The molecule has 1 aromatic carbocycles. The Hall–Kier alpha value is -3.30. The number of carbonyl (C=O) groups is 1. The molecule has 1 aromatic heterocycles. The van der Waals surface area contributed by atoms with Crippen molar-refractivity contribution in [3.63, 3.8) is 0 Å². The van der Waals surface area contributed by atoms with Gasteiger partial charge in [0.05, 0.1) is 24.8 Å². The van der Waals surface area contributed by atoms with Crippen LogP contribution in [0.3, 0.4) is 0 Å². The van der Waals surface area contributed by atoms with Gasteiger partial charge in [-0.05, 0) is 36.0 Å². The Balaban J connectivity index is 1.16. The zero-order valence-corrected chi connectivity index (χ0v) is 20.3. The summed E-state index contributed by atoms with van der Waals surface area (Å²) in [6.07, 6.45) is 8.40. The second kappa shape index (κ2) is 9.99. The molecule has 36 heavy (non-hydrogen) atoms. The van der Waals surface area contributed by atoms with Crippen LogP contribution in [0, 0.1) is 17.8 Å². The van der Waals surface area contributed by atoms with E-state index in [-0.39, 0.29) is 29.7 Å². The highest BCUT2D eigenvalue weighted by atomic mass is 16.5. The molecule has 1 amide bonds. The van der Waals surface area contributed by atoms with E-state index in [9.17, 15) is 4.79 Å². The lowest BCUT2D eigenvalue weighted by molar-refractivity contribution is -0.122. The van der Waals surface area contributed by atoms with Crippen LogP contribution < -0.4 is 15.8 Å². The van der Waals surface area contributed by atoms with Crippen LogP contribution in [0.25, 0.3) is 0 Å². The number of nitrogens with two attached hydrogens (primary N) is 1. The first kappa shape index (κ1) is 23.1. The number of nitrogens with one attached hydrogen (secondary N) is 1. The van der Waals surface area contributed by atoms with E-state index in [1.54, 1.807) is 0 Å². The Morgan fingerprint density at radius 2 is 2.06 bits per heavy atom. The minimum absolute atomic E-state index is 0.0663. The third-order valence-electron chi connectivity index (χ3n) is 7.64. The Morgan fingerprint density at radius 1 is 1.19 bits per heavy atom. The smallest absolute Gasteiger partial charge is 0.223 e. The fourth-order valence-electron chi connectivity index (χ4n) is 5.84. The summed E-state index contributed by atoms with van der Waals surface area (Å²) in [4.78, 5) is 28.7. The molecule has 9 nitrogen and oxygen atoms in total. The van der Waals surface area contributed by atoms with Crippen molar-refractivity contribution in [2.24, 2.45) is 28.5 Å². The molecule has 2 aliphatic carbocycles. The zero-order chi connectivity index (χ0) is 24.5. The van der Waals surface area contributed by atoms with Crippen LogP contribution in [0.15, 0.2) is 41.4 Å². The van der Waals surface area contributed by atoms with Crippen molar-refractivity contribution >= 4 is 23.6 Å². The van der Waals surface area contributed by atoms with Gasteiger partial charge < -0.3 is 20.5 Å². The summed E-state index contributed by atoms with van der Waals surface area (Å²) in [5.41, 5.74) is 8.54. The van der Waals surface area contributed by atoms with Crippen molar-refractivity contribution in [1.29, 1.82) is 0 Å². The molecular formula is C27H32N6O3. The topological polar surface area (TPSA) is 115 Å². The van der Waals surface area contributed by atoms with Gasteiger partial charge in [-0.25, -0.2) is 9.97 Å². The first-order valence-electron chi connectivity index (χ1n) is 12.8. The molecule has 2 aromatic rings. The fourth-order valence-corrected chi connectivity index (χ4v) is 5.84. The van der Waals surface area contributed by atoms with Crippen LogP contribution in [0.1, 0.15) is 23.5 Å². The number of anilines is 1. The van der Waals surface area contributed by atoms with Crippen molar-refractivity contribution < 1.29 is 14.3 Å². The van der Waals surface area contributed by atoms with Gasteiger partial charge in [0, 0.05) is 44.7 Å². The quantitative estimate of drug-likeness (QED) is 0.520. The van der Waals surface area contributed by atoms with Gasteiger partial charge in [0.15, 0.2) is 5.82 Å². The molecule has 3 N–H and O–H groups in total. The number of amides is 1. The summed E-state index contributed by atoms with van der Waals surface area (Å²) in [7, 11) is 0. The number of aliphatic imine (C=N–C) groups is 1. The molecule has 1 saturated carbocycles. The Bertz CT molecular complexity index is 1190. The van der Waals surface area contributed by atoms with Gasteiger partial charge in [0.1, 0.15) is 23.9 Å². The summed E-state index contributed by atoms with van der Waals surface area (Å²) in [5.74, 6) is 2.25. The maximum atomic E-state index is 12.2. The monoisotopic (exact) mass is 488 g/mol. The van der Waals surface area contributed by atoms with Crippen molar-refractivity contribution in [1.82, 2.24) is 14.9 Å². The third-order valence-corrected chi connectivity index (χ3v) is 7.64. The summed E-state index contributed by atoms with van der Waals surface area (Å²) < 4.78 is 11.4. The lowest BCUT2D eigenvalue weighted by Crippen LogP contribution is -2.41. The van der Waals surface area contributed by atoms with E-state index >= 15 is 0 Å². The molecule has 6 rings (SSSR count). The molecule has 9 heteroatoms. The molecule has 4 unspecified atom stereocenters. The number of hydrogen-bond acceptors (Lipinski definition) is 8. The number of fused-ring (bicyclic) bond motifs is 3. The molecule has 2 aliphatic heterocycles. The molecule has 4 atom stereocenters. The first-order chi connectivity index (χ1) is 17.6. The van der Waals surface area contributed by atoms with E-state index in [1.807, 2.05) is 18.3 Å². The summed E-state index contributed by atoms with van der Waals surface area (Å²) in [6.45, 7) is 5.03. The Kier molecular flexibility index (Phi) is 6.41. The van der Waals surface area contributed by atoms with E-state index in [0.29, 0.717) is 25.3 Å². The van der Waals surface area contributed by atoms with E-state index in [0.717, 1.165) is 67.8 Å². The van der Waals surface area contributed by atoms with Crippen LogP contribution in [-0.4, -0.2) is 72.5 Å². The number of carbonyl (C=O) groups excluding carboxylic acids is 1. The predicted molar refractivity (Wildman–Crippen MR) is 137 cm³/mol. The molecule has 4 aliphatic rings. The average Bonchev–Trinajstić information content (AvgIpc) is 3.62. The molecule has 188 valence electrons. The normalized spacial score (nSPS) is 26.3. The second-order valence-electron chi connectivity index (χ2n) is 9.97. The van der Waals surface area contributed by atoms with Crippen LogP contribution >= 0.6 is 0 Å². The van der Waals surface area contributed by atoms with Crippen LogP contribution in [0.4, 0.5) is 11.5 Å². The number of rotatable bonds is 9. The van der Waals surface area contributed by atoms with Crippen LogP contribution in [0.5, 0.6) is 5.75 Å². The summed E-state index contributed by atoms with van der Waals surface area (Å²) >= 11 is 0. The van der Waals surface area contributed by atoms with E-state index in [1.165, 1.54) is 0 Å². The number of nitrogens with zero attached hydrogens (tertiary/aromatic N) is 4. The fraction of sp³-hybridized carbons (Fsp3) is 0.481. The number of benzene rings is 1. The SMILES string of the molecule is NC(=O)C1C2C=CC(C2)C1Nc1nc(Cc2cccc(OCCN3CCOCC3)c2)nc2c1N=CC2. The highest BCUT2D eigenvalue weighted by Crippen LogP contribution is 2.45. The number of hydrogen-bond donors (Lipinski definition) is 2. The number of primary amides is 1. The molecule has 2 fully saturated rings. The number of aromatic nitrogens is 2. The maximum Gasteiger partial charge on any atom is 0.223 e. The third kappa shape index (κ3) is 4.73.